The summed E-state index contributed by atoms with van der Waals surface area (Å²) < 4.78 is 32.3. The summed E-state index contributed by atoms with van der Waals surface area (Å²) in [6, 6.07) is 13.2. The predicted molar refractivity (Wildman–Crippen MR) is 118 cm³/mol. The minimum atomic E-state index is -3.72. The van der Waals surface area contributed by atoms with E-state index >= 15 is 0 Å². The van der Waals surface area contributed by atoms with Crippen LogP contribution in [-0.4, -0.2) is 44.9 Å². The molecule has 2 aromatic rings. The Labute approximate surface area is 186 Å². The number of anilines is 2. The predicted octanol–water partition coefficient (Wildman–Crippen LogP) is 3.13. The van der Waals surface area contributed by atoms with E-state index in [4.69, 9.17) is 16.3 Å². The van der Waals surface area contributed by atoms with Gasteiger partial charge in [0, 0.05) is 25.0 Å². The molecule has 2 N–H and O–H groups in total. The topological polar surface area (TPSA) is 112 Å². The Bertz CT molecular complexity index is 1150. The largest absolute Gasteiger partial charge is 0.379 e. The van der Waals surface area contributed by atoms with Crippen LogP contribution in [0, 0.1) is 18.3 Å². The summed E-state index contributed by atoms with van der Waals surface area (Å²) in [6.45, 7) is 3.05. The van der Waals surface area contributed by atoms with E-state index in [1.165, 1.54) is 28.7 Å². The molecule has 8 nitrogen and oxygen atoms in total. The third kappa shape index (κ3) is 5.42. The van der Waals surface area contributed by atoms with Gasteiger partial charge in [-0.05, 0) is 36.8 Å². The van der Waals surface area contributed by atoms with E-state index in [0.29, 0.717) is 18.9 Å². The number of amides is 1. The van der Waals surface area contributed by atoms with E-state index in [9.17, 15) is 18.5 Å². The summed E-state index contributed by atoms with van der Waals surface area (Å²) in [4.78, 5) is 12.5. The number of para-hydroxylation sites is 1. The van der Waals surface area contributed by atoms with Crippen LogP contribution in [0.15, 0.2) is 59.1 Å². The van der Waals surface area contributed by atoms with Gasteiger partial charge in [-0.1, -0.05) is 29.8 Å². The normalized spacial score (nSPS) is 15.2. The van der Waals surface area contributed by atoms with Crippen molar-refractivity contribution in [3.8, 4) is 6.07 Å². The Morgan fingerprint density at radius 1 is 1.19 bits per heavy atom. The number of benzene rings is 2. The number of nitriles is 1. The number of rotatable bonds is 6. The highest BCUT2D eigenvalue weighted by Gasteiger charge is 2.26. The molecular weight excluding hydrogens is 440 g/mol. The van der Waals surface area contributed by atoms with E-state index in [1.807, 2.05) is 25.1 Å². The van der Waals surface area contributed by atoms with Gasteiger partial charge >= 0.3 is 0 Å². The second-order valence-electron chi connectivity index (χ2n) is 6.74. The number of nitrogens with one attached hydrogen (secondary N) is 2. The number of aryl methyl sites for hydroxylation is 1. The molecule has 1 aliphatic rings. The highest BCUT2D eigenvalue weighted by Crippen LogP contribution is 2.27. The van der Waals surface area contributed by atoms with E-state index < -0.39 is 15.9 Å². The standard InChI is InChI=1S/C21H21ClN4O4S/c1-15-4-2-3-5-19(15)25-21(27)16(13-23)14-24-20-12-17(6-7-18(20)22)31(28,29)26-8-10-30-11-9-26/h2-7,12,14,24H,8-11H2,1H3,(H,25,27)/b16-14-. The van der Waals surface area contributed by atoms with E-state index in [0.717, 1.165) is 5.56 Å². The van der Waals surface area contributed by atoms with Crippen molar-refractivity contribution in [2.45, 2.75) is 11.8 Å². The van der Waals surface area contributed by atoms with Gasteiger partial charge in [-0.3, -0.25) is 4.79 Å². The zero-order valence-electron chi connectivity index (χ0n) is 16.8. The molecule has 0 atom stereocenters. The Morgan fingerprint density at radius 3 is 2.58 bits per heavy atom. The minimum Gasteiger partial charge on any atom is -0.379 e. The van der Waals surface area contributed by atoms with E-state index in [1.54, 1.807) is 12.1 Å². The molecule has 1 amide bonds. The smallest absolute Gasteiger partial charge is 0.267 e. The van der Waals surface area contributed by atoms with Crippen LogP contribution in [-0.2, 0) is 19.6 Å². The van der Waals surface area contributed by atoms with Gasteiger partial charge in [-0.2, -0.15) is 9.57 Å². The number of hydrogen-bond donors (Lipinski definition) is 2. The van der Waals surface area contributed by atoms with Crippen LogP contribution >= 0.6 is 11.6 Å². The summed E-state index contributed by atoms with van der Waals surface area (Å²) in [6.07, 6.45) is 1.19. The fourth-order valence-electron chi connectivity index (χ4n) is 2.91. The lowest BCUT2D eigenvalue weighted by Crippen LogP contribution is -2.40. The third-order valence-corrected chi connectivity index (χ3v) is 6.90. The van der Waals surface area contributed by atoms with Gasteiger partial charge in [0.1, 0.15) is 11.6 Å². The molecule has 0 unspecified atom stereocenters. The van der Waals surface area contributed by atoms with Gasteiger partial charge < -0.3 is 15.4 Å². The van der Waals surface area contributed by atoms with Crippen LogP contribution in [0.5, 0.6) is 0 Å². The first-order chi connectivity index (χ1) is 14.8. The summed E-state index contributed by atoms with van der Waals surface area (Å²) in [5.41, 5.74) is 1.50. The molecule has 1 aliphatic heterocycles. The van der Waals surface area contributed by atoms with Crippen molar-refractivity contribution >= 4 is 38.9 Å². The fraction of sp³-hybridized carbons (Fsp3) is 0.238. The first kappa shape index (κ1) is 22.8. The molecule has 2 aromatic carbocycles. The number of carbonyl (C=O) groups excluding carboxylic acids is 1. The third-order valence-electron chi connectivity index (χ3n) is 4.68. The van der Waals surface area contributed by atoms with Crippen molar-refractivity contribution < 1.29 is 17.9 Å². The molecule has 162 valence electrons. The van der Waals surface area contributed by atoms with Crippen molar-refractivity contribution in [1.82, 2.24) is 4.31 Å². The Hall–Kier alpha value is -2.90. The average molecular weight is 461 g/mol. The maximum Gasteiger partial charge on any atom is 0.267 e. The van der Waals surface area contributed by atoms with Crippen molar-refractivity contribution in [3.05, 3.63) is 64.8 Å². The van der Waals surface area contributed by atoms with Crippen molar-refractivity contribution in [1.29, 1.82) is 5.26 Å². The first-order valence-electron chi connectivity index (χ1n) is 9.44. The molecule has 1 fully saturated rings. The summed E-state index contributed by atoms with van der Waals surface area (Å²) >= 11 is 6.19. The number of hydrogen-bond acceptors (Lipinski definition) is 6. The van der Waals surface area contributed by atoms with Gasteiger partial charge in [-0.25, -0.2) is 8.42 Å². The van der Waals surface area contributed by atoms with E-state index in [2.05, 4.69) is 10.6 Å². The molecule has 10 heteroatoms. The molecule has 31 heavy (non-hydrogen) atoms. The molecule has 0 aliphatic carbocycles. The number of morpholine rings is 1. The van der Waals surface area contributed by atoms with E-state index in [-0.39, 0.29) is 34.3 Å². The zero-order chi connectivity index (χ0) is 22.4. The van der Waals surface area contributed by atoms with Gasteiger partial charge in [0.25, 0.3) is 5.91 Å². The molecule has 1 heterocycles. The highest BCUT2D eigenvalue weighted by molar-refractivity contribution is 7.89. The van der Waals surface area contributed by atoms with Crippen molar-refractivity contribution in [2.24, 2.45) is 0 Å². The molecular formula is C21H21ClN4O4S. The molecule has 0 saturated carbocycles. The maximum absolute atomic E-state index is 12.9. The monoisotopic (exact) mass is 460 g/mol. The number of ether oxygens (including phenoxy) is 1. The quantitative estimate of drug-likeness (QED) is 0.506. The van der Waals surface area contributed by atoms with Crippen LogP contribution < -0.4 is 10.6 Å². The van der Waals surface area contributed by atoms with Crippen molar-refractivity contribution in [3.63, 3.8) is 0 Å². The SMILES string of the molecule is Cc1ccccc1NC(=O)/C(C#N)=C\Nc1cc(S(=O)(=O)N2CCOCC2)ccc1Cl. The molecule has 0 aromatic heterocycles. The second-order valence-corrected chi connectivity index (χ2v) is 9.09. The molecule has 0 bridgehead atoms. The Kier molecular flexibility index (Phi) is 7.30. The molecule has 0 radical (unpaired) electrons. The van der Waals surface area contributed by atoms with Gasteiger partial charge in [0.05, 0.1) is 28.8 Å². The Balaban J connectivity index is 1.80. The average Bonchev–Trinajstić information content (AvgIpc) is 2.77. The Morgan fingerprint density at radius 2 is 1.90 bits per heavy atom. The van der Waals surface area contributed by atoms with Gasteiger partial charge in [-0.15, -0.1) is 0 Å². The van der Waals surface area contributed by atoms with Crippen molar-refractivity contribution in [2.75, 3.05) is 36.9 Å². The fourth-order valence-corrected chi connectivity index (χ4v) is 4.52. The first-order valence-corrected chi connectivity index (χ1v) is 11.3. The van der Waals surface area contributed by atoms with Gasteiger partial charge in [0.2, 0.25) is 10.0 Å². The van der Waals surface area contributed by atoms with Crippen LogP contribution in [0.3, 0.4) is 0 Å². The minimum absolute atomic E-state index is 0.0533. The number of carbonyl (C=O) groups is 1. The van der Waals surface area contributed by atoms with Gasteiger partial charge in [0.15, 0.2) is 0 Å². The molecule has 3 rings (SSSR count). The summed E-state index contributed by atoms with van der Waals surface area (Å²) in [5, 5.41) is 15.1. The molecule has 1 saturated heterocycles. The lowest BCUT2D eigenvalue weighted by molar-refractivity contribution is -0.112. The maximum atomic E-state index is 12.9. The summed E-state index contributed by atoms with van der Waals surface area (Å²) in [7, 11) is -3.72. The number of halogens is 1. The number of nitrogens with zero attached hydrogens (tertiary/aromatic N) is 2. The van der Waals surface area contributed by atoms with Crippen LogP contribution in [0.1, 0.15) is 5.56 Å². The van der Waals surface area contributed by atoms with Crippen LogP contribution in [0.4, 0.5) is 11.4 Å². The highest BCUT2D eigenvalue weighted by atomic mass is 35.5. The lowest BCUT2D eigenvalue weighted by atomic mass is 10.2. The number of sulfonamides is 1. The van der Waals surface area contributed by atoms with Crippen LogP contribution in [0.25, 0.3) is 0 Å². The molecule has 0 spiro atoms. The second kappa shape index (κ2) is 9.94. The zero-order valence-corrected chi connectivity index (χ0v) is 18.3. The summed E-state index contributed by atoms with van der Waals surface area (Å²) in [5.74, 6) is -0.600. The van der Waals surface area contributed by atoms with Crippen LogP contribution in [0.2, 0.25) is 5.02 Å². The lowest BCUT2D eigenvalue weighted by Gasteiger charge is -2.26.